The fourth-order valence-corrected chi connectivity index (χ4v) is 9.43. The molecule has 0 aliphatic carbocycles. The van der Waals surface area contributed by atoms with Crippen LogP contribution in [0.1, 0.15) is 27.8 Å². The molecule has 0 amide bonds. The van der Waals surface area contributed by atoms with Crippen LogP contribution in [-0.4, -0.2) is 4.57 Å². The number of fused-ring (bicyclic) bond motifs is 11. The summed E-state index contributed by atoms with van der Waals surface area (Å²) in [7, 11) is 0. The molecule has 0 fully saturated rings. The third-order valence-corrected chi connectivity index (χ3v) is 11.9. The molecule has 8 aromatic carbocycles. The van der Waals surface area contributed by atoms with E-state index in [1.54, 1.807) is 0 Å². The van der Waals surface area contributed by atoms with Gasteiger partial charge in [0, 0.05) is 33.8 Å². The first-order chi connectivity index (χ1) is 28.8. The number of para-hydroxylation sites is 6. The van der Waals surface area contributed by atoms with Crippen molar-refractivity contribution in [1.82, 2.24) is 4.57 Å². The highest BCUT2D eigenvalue weighted by atomic mass is 16.5. The largest absolute Gasteiger partial charge is 0.454 e. The van der Waals surface area contributed by atoms with Crippen molar-refractivity contribution in [2.24, 2.45) is 0 Å². The van der Waals surface area contributed by atoms with Crippen molar-refractivity contribution < 1.29 is 4.74 Å². The van der Waals surface area contributed by atoms with Crippen LogP contribution in [-0.2, 0) is 5.41 Å². The maximum Gasteiger partial charge on any atom is 0.156 e. The van der Waals surface area contributed by atoms with Crippen LogP contribution in [0.15, 0.2) is 225 Å². The minimum Gasteiger partial charge on any atom is -0.454 e. The van der Waals surface area contributed by atoms with E-state index in [4.69, 9.17) is 4.74 Å². The van der Waals surface area contributed by atoms with E-state index in [9.17, 15) is 0 Å². The summed E-state index contributed by atoms with van der Waals surface area (Å²) >= 11 is 0. The number of allylic oxidation sites excluding steroid dienone is 4. The molecule has 2 aliphatic heterocycles. The van der Waals surface area contributed by atoms with Crippen molar-refractivity contribution in [2.75, 3.05) is 4.90 Å². The molecule has 0 saturated heterocycles. The van der Waals surface area contributed by atoms with Gasteiger partial charge in [0.15, 0.2) is 5.75 Å². The number of ether oxygens (including phenoxy) is 1. The number of hydrogen-bond donors (Lipinski definition) is 0. The van der Waals surface area contributed by atoms with Gasteiger partial charge in [-0.05, 0) is 75.9 Å². The Hall–Kier alpha value is -7.62. The van der Waals surface area contributed by atoms with Gasteiger partial charge in [0.2, 0.25) is 0 Å². The molecule has 2 aliphatic rings. The molecule has 3 heterocycles. The first kappa shape index (κ1) is 33.7. The van der Waals surface area contributed by atoms with Gasteiger partial charge in [0.25, 0.3) is 0 Å². The van der Waals surface area contributed by atoms with Crippen molar-refractivity contribution in [3.8, 4) is 28.3 Å². The lowest BCUT2D eigenvalue weighted by atomic mass is 9.61. The maximum atomic E-state index is 7.18. The van der Waals surface area contributed by atoms with E-state index in [-0.39, 0.29) is 0 Å². The highest BCUT2D eigenvalue weighted by Crippen LogP contribution is 2.62. The zero-order valence-electron chi connectivity index (χ0n) is 31.8. The molecule has 58 heavy (non-hydrogen) atoms. The molecule has 9 aromatic rings. The minimum atomic E-state index is -0.666. The topological polar surface area (TPSA) is 17.4 Å². The SMILES string of the molecule is C=C/C=C(\C=C/N(c1ccccc1)c1cccc2c1Oc1ccccc1C21c2ccccc2-n2c3ccccc3c3cccc1c32)c1ccc(-c2ccccc2)cc1. The number of aromatic nitrogens is 1. The van der Waals surface area contributed by atoms with E-state index in [1.165, 1.54) is 49.7 Å². The molecule has 1 atom stereocenters. The van der Waals surface area contributed by atoms with E-state index in [0.29, 0.717) is 0 Å². The summed E-state index contributed by atoms with van der Waals surface area (Å²) in [5, 5.41) is 2.50. The Labute approximate surface area is 338 Å². The van der Waals surface area contributed by atoms with Gasteiger partial charge >= 0.3 is 0 Å². The van der Waals surface area contributed by atoms with Crippen molar-refractivity contribution in [1.29, 1.82) is 0 Å². The smallest absolute Gasteiger partial charge is 0.156 e. The monoisotopic (exact) mass is 742 g/mol. The number of benzene rings is 8. The molecule has 274 valence electrons. The van der Waals surface area contributed by atoms with Gasteiger partial charge in [0.05, 0.1) is 27.8 Å². The van der Waals surface area contributed by atoms with Crippen LogP contribution in [0.4, 0.5) is 11.4 Å². The highest BCUT2D eigenvalue weighted by molar-refractivity contribution is 6.12. The summed E-state index contributed by atoms with van der Waals surface area (Å²) in [4.78, 5) is 2.25. The molecular formula is C55H38N2O. The van der Waals surface area contributed by atoms with Gasteiger partial charge < -0.3 is 14.2 Å². The summed E-state index contributed by atoms with van der Waals surface area (Å²) in [6.45, 7) is 4.08. The lowest BCUT2D eigenvalue weighted by molar-refractivity contribution is 0.435. The number of rotatable bonds is 7. The molecule has 1 spiro atoms. The van der Waals surface area contributed by atoms with Crippen molar-refractivity contribution in [3.05, 3.63) is 253 Å². The normalized spacial score (nSPS) is 15.2. The Bertz CT molecular complexity index is 3100. The maximum absolute atomic E-state index is 7.18. The average molecular weight is 743 g/mol. The van der Waals surface area contributed by atoms with Crippen LogP contribution in [0.25, 0.3) is 44.2 Å². The van der Waals surface area contributed by atoms with E-state index in [2.05, 4.69) is 222 Å². The zero-order valence-corrected chi connectivity index (χ0v) is 31.8. The lowest BCUT2D eigenvalue weighted by Crippen LogP contribution is -2.38. The van der Waals surface area contributed by atoms with Crippen LogP contribution in [0.5, 0.6) is 11.5 Å². The molecule has 0 bridgehead atoms. The quantitative estimate of drug-likeness (QED) is 0.151. The molecule has 0 radical (unpaired) electrons. The number of hydrogen-bond acceptors (Lipinski definition) is 2. The van der Waals surface area contributed by atoms with Gasteiger partial charge in [0.1, 0.15) is 5.75 Å². The predicted molar refractivity (Wildman–Crippen MR) is 240 cm³/mol. The summed E-state index contributed by atoms with van der Waals surface area (Å²) in [5.41, 5.74) is 14.1. The Morgan fingerprint density at radius 3 is 2.02 bits per heavy atom. The van der Waals surface area contributed by atoms with Gasteiger partial charge in [-0.3, -0.25) is 0 Å². The molecule has 0 saturated carbocycles. The number of nitrogens with zero attached hydrogens (tertiary/aromatic N) is 2. The average Bonchev–Trinajstić information content (AvgIpc) is 3.63. The second-order valence-electron chi connectivity index (χ2n) is 14.9. The van der Waals surface area contributed by atoms with Crippen LogP contribution >= 0.6 is 0 Å². The van der Waals surface area contributed by atoms with E-state index in [0.717, 1.165) is 45.1 Å². The molecule has 0 N–H and O–H groups in total. The van der Waals surface area contributed by atoms with E-state index < -0.39 is 5.41 Å². The highest BCUT2D eigenvalue weighted by Gasteiger charge is 2.50. The first-order valence-electron chi connectivity index (χ1n) is 19.8. The predicted octanol–water partition coefficient (Wildman–Crippen LogP) is 14.2. The lowest BCUT2D eigenvalue weighted by Gasteiger charge is -2.45. The third-order valence-electron chi connectivity index (χ3n) is 11.9. The molecular weight excluding hydrogens is 705 g/mol. The summed E-state index contributed by atoms with van der Waals surface area (Å²) < 4.78 is 9.65. The second kappa shape index (κ2) is 13.5. The fraction of sp³-hybridized carbons (Fsp3) is 0.0182. The Kier molecular flexibility index (Phi) is 7.87. The first-order valence-corrected chi connectivity index (χ1v) is 19.8. The van der Waals surface area contributed by atoms with Crippen LogP contribution in [0.2, 0.25) is 0 Å². The zero-order chi connectivity index (χ0) is 38.6. The van der Waals surface area contributed by atoms with Crippen LogP contribution in [0, 0.1) is 0 Å². The Morgan fingerprint density at radius 2 is 1.19 bits per heavy atom. The number of anilines is 2. The Balaban J connectivity index is 1.14. The molecule has 11 rings (SSSR count). The molecule has 3 heteroatoms. The molecule has 1 unspecified atom stereocenters. The molecule has 1 aromatic heterocycles. The van der Waals surface area contributed by atoms with Crippen molar-refractivity contribution in [2.45, 2.75) is 5.41 Å². The van der Waals surface area contributed by atoms with Crippen LogP contribution < -0.4 is 9.64 Å². The van der Waals surface area contributed by atoms with E-state index >= 15 is 0 Å². The van der Waals surface area contributed by atoms with E-state index in [1.807, 2.05) is 12.1 Å². The molecule has 3 nitrogen and oxygen atoms in total. The van der Waals surface area contributed by atoms with Gasteiger partial charge in [-0.1, -0.05) is 176 Å². The van der Waals surface area contributed by atoms with Crippen molar-refractivity contribution in [3.63, 3.8) is 0 Å². The third kappa shape index (κ3) is 5.00. The van der Waals surface area contributed by atoms with Crippen molar-refractivity contribution >= 4 is 38.8 Å². The minimum absolute atomic E-state index is 0.666. The summed E-state index contributed by atoms with van der Waals surface area (Å²) in [5.74, 6) is 1.68. The standard InChI is InChI=1S/C55H38N2O/c1-2-17-38(40-32-34-41(35-33-40)39-18-5-3-6-19-39)36-37-56(42-20-7-4-8-21-42)51-30-16-27-48-54(51)58-52-31-14-11-25-46(52)55(48)45-24-10-13-29-50(45)57-49-28-12-9-22-43(49)44-23-15-26-47(55)53(44)57/h2-37H,1H2/b37-36-,38-17+. The summed E-state index contributed by atoms with van der Waals surface area (Å²) in [6.07, 6.45) is 8.26. The fourth-order valence-electron chi connectivity index (χ4n) is 9.43. The second-order valence-corrected chi connectivity index (χ2v) is 14.9. The van der Waals surface area contributed by atoms with Gasteiger partial charge in [-0.25, -0.2) is 0 Å². The summed E-state index contributed by atoms with van der Waals surface area (Å²) in [6, 6.07) is 69.5. The Morgan fingerprint density at radius 1 is 0.552 bits per heavy atom. The van der Waals surface area contributed by atoms with Gasteiger partial charge in [-0.15, -0.1) is 0 Å². The van der Waals surface area contributed by atoms with Gasteiger partial charge in [-0.2, -0.15) is 0 Å². The van der Waals surface area contributed by atoms with Crippen LogP contribution in [0.3, 0.4) is 0 Å².